The van der Waals surface area contributed by atoms with Crippen LogP contribution in [0.15, 0.2) is 67.0 Å². The largest absolute Gasteiger partial charge is 0.416 e. The van der Waals surface area contributed by atoms with Gasteiger partial charge in [0.2, 0.25) is 0 Å². The molecule has 3 rings (SSSR count). The van der Waals surface area contributed by atoms with E-state index < -0.39 is 11.7 Å². The lowest BCUT2D eigenvalue weighted by atomic mass is 10.0. The lowest BCUT2D eigenvalue weighted by Gasteiger charge is -2.10. The summed E-state index contributed by atoms with van der Waals surface area (Å²) in [7, 11) is 0. The number of hydrogen-bond acceptors (Lipinski definition) is 1. The number of halogens is 3. The van der Waals surface area contributed by atoms with Crippen molar-refractivity contribution in [2.75, 3.05) is 0 Å². The van der Waals surface area contributed by atoms with Crippen molar-refractivity contribution in [3.8, 4) is 22.3 Å². The van der Waals surface area contributed by atoms with E-state index in [9.17, 15) is 13.2 Å². The first kappa shape index (κ1) is 15.5. The molecule has 1 heterocycles. The van der Waals surface area contributed by atoms with Gasteiger partial charge >= 0.3 is 6.18 Å². The third-order valence-electron chi connectivity index (χ3n) is 3.53. The van der Waals surface area contributed by atoms with Gasteiger partial charge in [-0.25, -0.2) is 0 Å². The van der Waals surface area contributed by atoms with Gasteiger partial charge in [-0.15, -0.1) is 0 Å². The van der Waals surface area contributed by atoms with Gasteiger partial charge in [0.1, 0.15) is 0 Å². The second kappa shape index (κ2) is 6.01. The number of nitrogens with one attached hydrogen (secondary N) is 1. The lowest BCUT2D eigenvalue weighted by Crippen LogP contribution is -2.04. The molecule has 2 aromatic carbocycles. The monoisotopic (exact) mass is 331 g/mol. The van der Waals surface area contributed by atoms with Crippen molar-refractivity contribution < 1.29 is 13.2 Å². The van der Waals surface area contributed by atoms with Crippen LogP contribution in [0.2, 0.25) is 0 Å². The van der Waals surface area contributed by atoms with Crippen LogP contribution in [0.5, 0.6) is 0 Å². The SMILES string of the molecule is FC(F)(F)c1cccc(-c2c[nH]cc(-c3ccccc3)c2=S)c1. The average Bonchev–Trinajstić information content (AvgIpc) is 2.55. The van der Waals surface area contributed by atoms with Crippen LogP contribution in [0.25, 0.3) is 22.3 Å². The second-order valence-electron chi connectivity index (χ2n) is 5.06. The Hall–Kier alpha value is -2.40. The first-order valence-electron chi connectivity index (χ1n) is 6.91. The number of aromatic amines is 1. The van der Waals surface area contributed by atoms with Gasteiger partial charge in [0.05, 0.1) is 10.1 Å². The molecule has 1 N–H and O–H groups in total. The van der Waals surface area contributed by atoms with Crippen LogP contribution in [-0.2, 0) is 6.18 Å². The van der Waals surface area contributed by atoms with Gasteiger partial charge in [-0.1, -0.05) is 54.7 Å². The van der Waals surface area contributed by atoms with E-state index in [2.05, 4.69) is 4.98 Å². The summed E-state index contributed by atoms with van der Waals surface area (Å²) in [6, 6.07) is 14.7. The molecule has 1 aromatic heterocycles. The van der Waals surface area contributed by atoms with Crippen LogP contribution < -0.4 is 0 Å². The molecule has 0 aliphatic heterocycles. The molecule has 0 bridgehead atoms. The summed E-state index contributed by atoms with van der Waals surface area (Å²) in [5, 5.41) is 0. The fourth-order valence-corrected chi connectivity index (χ4v) is 2.75. The number of benzene rings is 2. The van der Waals surface area contributed by atoms with E-state index >= 15 is 0 Å². The van der Waals surface area contributed by atoms with Crippen LogP contribution in [0.1, 0.15) is 5.56 Å². The molecule has 0 unspecified atom stereocenters. The normalized spacial score (nSPS) is 11.4. The van der Waals surface area contributed by atoms with Gasteiger partial charge in [-0.2, -0.15) is 13.2 Å². The van der Waals surface area contributed by atoms with Gasteiger partial charge in [0.25, 0.3) is 0 Å². The van der Waals surface area contributed by atoms with E-state index in [0.29, 0.717) is 15.6 Å². The van der Waals surface area contributed by atoms with Gasteiger partial charge in [0.15, 0.2) is 0 Å². The topological polar surface area (TPSA) is 15.8 Å². The Morgan fingerprint density at radius 3 is 2.04 bits per heavy atom. The van der Waals surface area contributed by atoms with Gasteiger partial charge in [-0.3, -0.25) is 0 Å². The average molecular weight is 331 g/mol. The molecule has 5 heteroatoms. The Labute approximate surface area is 136 Å². The standard InChI is InChI=1S/C18H12F3NS/c19-18(20,21)14-8-4-7-13(9-14)16-11-22-10-15(17(16)23)12-5-2-1-3-6-12/h1-11H,(H,22,23). The number of alkyl halides is 3. The quantitative estimate of drug-likeness (QED) is 0.561. The molecule has 23 heavy (non-hydrogen) atoms. The van der Waals surface area contributed by atoms with E-state index in [4.69, 9.17) is 12.2 Å². The first-order valence-corrected chi connectivity index (χ1v) is 7.32. The minimum absolute atomic E-state index is 0.443. The first-order chi connectivity index (χ1) is 11.0. The Bertz CT molecular complexity index is 883. The fourth-order valence-electron chi connectivity index (χ4n) is 2.39. The van der Waals surface area contributed by atoms with Gasteiger partial charge < -0.3 is 4.98 Å². The van der Waals surface area contributed by atoms with Gasteiger partial charge in [-0.05, 0) is 23.3 Å². The van der Waals surface area contributed by atoms with Crippen molar-refractivity contribution >= 4 is 12.2 Å². The van der Waals surface area contributed by atoms with Crippen LogP contribution in [-0.4, -0.2) is 4.98 Å². The minimum Gasteiger partial charge on any atom is -0.366 e. The van der Waals surface area contributed by atoms with E-state index in [1.165, 1.54) is 6.07 Å². The zero-order chi connectivity index (χ0) is 16.4. The number of rotatable bonds is 2. The molecule has 1 nitrogen and oxygen atoms in total. The highest BCUT2D eigenvalue weighted by atomic mass is 32.1. The van der Waals surface area contributed by atoms with Crippen LogP contribution in [0.4, 0.5) is 13.2 Å². The van der Waals surface area contributed by atoms with Crippen molar-refractivity contribution in [2.45, 2.75) is 6.18 Å². The molecule has 0 aliphatic rings. The van der Waals surface area contributed by atoms with Crippen molar-refractivity contribution in [1.82, 2.24) is 4.98 Å². The number of hydrogen-bond donors (Lipinski definition) is 1. The molecule has 0 radical (unpaired) electrons. The molecule has 0 fully saturated rings. The van der Waals surface area contributed by atoms with Crippen molar-refractivity contribution in [2.24, 2.45) is 0 Å². The predicted octanol–water partition coefficient (Wildman–Crippen LogP) is 6.10. The highest BCUT2D eigenvalue weighted by Gasteiger charge is 2.30. The van der Waals surface area contributed by atoms with E-state index in [1.807, 2.05) is 30.3 Å². The zero-order valence-corrected chi connectivity index (χ0v) is 12.7. The maximum Gasteiger partial charge on any atom is 0.416 e. The molecular formula is C18H12F3NS. The summed E-state index contributed by atoms with van der Waals surface area (Å²) in [5.41, 5.74) is 2.04. The summed E-state index contributed by atoms with van der Waals surface area (Å²) in [5.74, 6) is 0. The highest BCUT2D eigenvalue weighted by molar-refractivity contribution is 7.71. The van der Waals surface area contributed by atoms with Crippen molar-refractivity contribution in [3.63, 3.8) is 0 Å². The van der Waals surface area contributed by atoms with Crippen LogP contribution in [0, 0.1) is 4.51 Å². The molecule has 3 aromatic rings. The lowest BCUT2D eigenvalue weighted by molar-refractivity contribution is -0.137. The number of H-pyrrole nitrogens is 1. The van der Waals surface area contributed by atoms with Crippen LogP contribution >= 0.6 is 12.2 Å². The maximum atomic E-state index is 12.9. The van der Waals surface area contributed by atoms with Crippen LogP contribution in [0.3, 0.4) is 0 Å². The summed E-state index contributed by atoms with van der Waals surface area (Å²) in [6.45, 7) is 0. The number of aromatic nitrogens is 1. The summed E-state index contributed by atoms with van der Waals surface area (Å²) in [6.07, 6.45) is -0.989. The Kier molecular flexibility index (Phi) is 4.05. The smallest absolute Gasteiger partial charge is 0.366 e. The Morgan fingerprint density at radius 2 is 1.39 bits per heavy atom. The molecule has 0 atom stereocenters. The fraction of sp³-hybridized carbons (Fsp3) is 0.0556. The summed E-state index contributed by atoms with van der Waals surface area (Å²) in [4.78, 5) is 2.98. The summed E-state index contributed by atoms with van der Waals surface area (Å²) >= 11 is 5.49. The third-order valence-corrected chi connectivity index (χ3v) is 3.97. The third kappa shape index (κ3) is 3.19. The molecule has 0 saturated carbocycles. The van der Waals surface area contributed by atoms with Crippen molar-refractivity contribution in [1.29, 1.82) is 0 Å². The highest BCUT2D eigenvalue weighted by Crippen LogP contribution is 2.33. The molecule has 116 valence electrons. The van der Waals surface area contributed by atoms with E-state index in [-0.39, 0.29) is 0 Å². The molecule has 0 saturated heterocycles. The van der Waals surface area contributed by atoms with E-state index in [1.54, 1.807) is 18.5 Å². The minimum atomic E-state index is -4.38. The van der Waals surface area contributed by atoms with Crippen molar-refractivity contribution in [3.05, 3.63) is 77.1 Å². The second-order valence-corrected chi connectivity index (χ2v) is 5.46. The summed E-state index contributed by atoms with van der Waals surface area (Å²) < 4.78 is 39.2. The molecule has 0 spiro atoms. The zero-order valence-electron chi connectivity index (χ0n) is 11.9. The maximum absolute atomic E-state index is 12.9. The predicted molar refractivity (Wildman–Crippen MR) is 87.5 cm³/mol. The molecule has 0 amide bonds. The molecule has 0 aliphatic carbocycles. The van der Waals surface area contributed by atoms with E-state index in [0.717, 1.165) is 23.3 Å². The van der Waals surface area contributed by atoms with Gasteiger partial charge in [0, 0.05) is 23.5 Å². The number of pyridine rings is 1. The Balaban J connectivity index is 2.14. The molecular weight excluding hydrogens is 319 g/mol. The Morgan fingerprint density at radius 1 is 0.783 bits per heavy atom.